The van der Waals surface area contributed by atoms with Crippen molar-refractivity contribution in [2.24, 2.45) is 0 Å². The lowest BCUT2D eigenvalue weighted by Crippen LogP contribution is -2.57. The molecule has 1 aromatic heterocycles. The van der Waals surface area contributed by atoms with Crippen molar-refractivity contribution in [2.45, 2.75) is 24.9 Å². The Bertz CT molecular complexity index is 557. The topological polar surface area (TPSA) is 74.3 Å². The number of amides is 3. The predicted octanol–water partition coefficient (Wildman–Crippen LogP) is 0.909. The number of nitrogens with zero attached hydrogens (tertiary/aromatic N) is 2. The largest absolute Gasteiger partial charge is 0.325 e. The zero-order valence-corrected chi connectivity index (χ0v) is 11.6. The Labute approximate surface area is 121 Å². The van der Waals surface area contributed by atoms with E-state index in [-0.39, 0.29) is 18.5 Å². The summed E-state index contributed by atoms with van der Waals surface area (Å²) < 4.78 is 0. The Morgan fingerprint density at radius 1 is 1.45 bits per heavy atom. The van der Waals surface area contributed by atoms with Gasteiger partial charge in [-0.1, -0.05) is 11.6 Å². The number of carbonyl (C=O) groups excluding carboxylic acids is 2. The minimum absolute atomic E-state index is 0.174. The molecule has 3 heterocycles. The van der Waals surface area contributed by atoms with Gasteiger partial charge in [-0.2, -0.15) is 0 Å². The van der Waals surface area contributed by atoms with Crippen molar-refractivity contribution in [2.75, 3.05) is 13.1 Å². The molecule has 7 heteroatoms. The zero-order valence-electron chi connectivity index (χ0n) is 10.9. The highest BCUT2D eigenvalue weighted by atomic mass is 35.5. The lowest BCUT2D eigenvalue weighted by atomic mass is 9.90. The average Bonchev–Trinajstić information content (AvgIpc) is 2.66. The third-order valence-electron chi connectivity index (χ3n) is 3.81. The predicted molar refractivity (Wildman–Crippen MR) is 73.2 cm³/mol. The number of rotatable bonds is 2. The van der Waals surface area contributed by atoms with Crippen LogP contribution < -0.4 is 10.6 Å². The molecule has 0 bridgehead atoms. The normalized spacial score (nSPS) is 26.1. The summed E-state index contributed by atoms with van der Waals surface area (Å²) in [7, 11) is 0. The third kappa shape index (κ3) is 2.14. The van der Waals surface area contributed by atoms with Gasteiger partial charge in [0.1, 0.15) is 5.54 Å². The quantitative estimate of drug-likeness (QED) is 0.795. The fourth-order valence-corrected chi connectivity index (χ4v) is 2.90. The second kappa shape index (κ2) is 5.03. The highest BCUT2D eigenvalue weighted by molar-refractivity contribution is 6.31. The second-order valence-electron chi connectivity index (χ2n) is 5.15. The number of urea groups is 1. The molecule has 0 saturated carbocycles. The Morgan fingerprint density at radius 3 is 3.00 bits per heavy atom. The van der Waals surface area contributed by atoms with Crippen molar-refractivity contribution in [1.29, 1.82) is 0 Å². The Kier molecular flexibility index (Phi) is 3.35. The van der Waals surface area contributed by atoms with E-state index >= 15 is 0 Å². The summed E-state index contributed by atoms with van der Waals surface area (Å²) in [6.07, 6.45) is 4.64. The molecule has 2 fully saturated rings. The number of piperidine rings is 1. The van der Waals surface area contributed by atoms with Gasteiger partial charge >= 0.3 is 6.03 Å². The molecule has 1 atom stereocenters. The van der Waals surface area contributed by atoms with Crippen LogP contribution >= 0.6 is 11.6 Å². The summed E-state index contributed by atoms with van der Waals surface area (Å²) in [5.74, 6) is -0.178. The average molecular weight is 295 g/mol. The van der Waals surface area contributed by atoms with E-state index in [2.05, 4.69) is 15.6 Å². The van der Waals surface area contributed by atoms with Crippen molar-refractivity contribution in [1.82, 2.24) is 20.5 Å². The summed E-state index contributed by atoms with van der Waals surface area (Å²) >= 11 is 6.03. The third-order valence-corrected chi connectivity index (χ3v) is 4.16. The summed E-state index contributed by atoms with van der Waals surface area (Å²) in [5.41, 5.74) is -0.0690. The summed E-state index contributed by atoms with van der Waals surface area (Å²) in [4.78, 5) is 29.8. The van der Waals surface area contributed by atoms with Crippen LogP contribution in [0.25, 0.3) is 0 Å². The monoisotopic (exact) mass is 294 g/mol. The van der Waals surface area contributed by atoms with E-state index in [1.165, 1.54) is 11.1 Å². The summed E-state index contributed by atoms with van der Waals surface area (Å²) in [6.45, 7) is 1.53. The maximum absolute atomic E-state index is 12.6. The molecule has 20 heavy (non-hydrogen) atoms. The van der Waals surface area contributed by atoms with Crippen molar-refractivity contribution in [3.05, 3.63) is 29.0 Å². The van der Waals surface area contributed by atoms with E-state index in [4.69, 9.17) is 11.6 Å². The van der Waals surface area contributed by atoms with Crippen molar-refractivity contribution in [3.63, 3.8) is 0 Å². The van der Waals surface area contributed by atoms with Crippen LogP contribution in [0.3, 0.4) is 0 Å². The van der Waals surface area contributed by atoms with E-state index in [0.717, 1.165) is 13.0 Å². The first kappa shape index (κ1) is 13.3. The Balaban J connectivity index is 1.82. The highest BCUT2D eigenvalue weighted by Gasteiger charge is 2.51. The van der Waals surface area contributed by atoms with Crippen LogP contribution in [0.2, 0.25) is 5.02 Å². The van der Waals surface area contributed by atoms with Gasteiger partial charge in [0.05, 0.1) is 11.6 Å². The standard InChI is InChI=1S/C13H15ClN4O2/c14-10-6-15-5-2-9(10)7-18-11(19)13(17-12(18)20)3-1-4-16-8-13/h2,5-6,16H,1,3-4,7-8H2,(H,17,20). The minimum Gasteiger partial charge on any atom is -0.322 e. The molecule has 6 nitrogen and oxygen atoms in total. The molecular formula is C13H15ClN4O2. The Hall–Kier alpha value is -1.66. The number of aromatic nitrogens is 1. The first-order valence-electron chi connectivity index (χ1n) is 6.56. The molecule has 2 saturated heterocycles. The van der Waals surface area contributed by atoms with Gasteiger partial charge in [0.25, 0.3) is 5.91 Å². The summed E-state index contributed by atoms with van der Waals surface area (Å²) in [6, 6.07) is 1.36. The lowest BCUT2D eigenvalue weighted by Gasteiger charge is -2.31. The van der Waals surface area contributed by atoms with Crippen LogP contribution in [0.5, 0.6) is 0 Å². The number of halogens is 1. The first-order valence-corrected chi connectivity index (χ1v) is 6.93. The lowest BCUT2D eigenvalue weighted by molar-refractivity contribution is -0.132. The van der Waals surface area contributed by atoms with Crippen LogP contribution in [0.4, 0.5) is 4.79 Å². The van der Waals surface area contributed by atoms with E-state index < -0.39 is 5.54 Å². The van der Waals surface area contributed by atoms with Gasteiger partial charge in [-0.25, -0.2) is 4.79 Å². The van der Waals surface area contributed by atoms with Gasteiger partial charge in [-0.05, 0) is 31.0 Å². The van der Waals surface area contributed by atoms with Crippen LogP contribution in [-0.4, -0.2) is 40.5 Å². The minimum atomic E-state index is -0.783. The Morgan fingerprint density at radius 2 is 2.30 bits per heavy atom. The fourth-order valence-electron chi connectivity index (χ4n) is 2.72. The molecule has 0 aromatic carbocycles. The van der Waals surface area contributed by atoms with E-state index in [1.54, 1.807) is 12.3 Å². The van der Waals surface area contributed by atoms with Crippen molar-refractivity contribution in [3.8, 4) is 0 Å². The highest BCUT2D eigenvalue weighted by Crippen LogP contribution is 2.27. The maximum Gasteiger partial charge on any atom is 0.325 e. The molecular weight excluding hydrogens is 280 g/mol. The van der Waals surface area contributed by atoms with Gasteiger partial charge in [-0.15, -0.1) is 0 Å². The van der Waals surface area contributed by atoms with Crippen molar-refractivity contribution >= 4 is 23.5 Å². The van der Waals surface area contributed by atoms with E-state index in [1.807, 2.05) is 0 Å². The number of hydrogen-bond acceptors (Lipinski definition) is 4. The van der Waals surface area contributed by atoms with Crippen LogP contribution in [0.15, 0.2) is 18.5 Å². The molecule has 1 unspecified atom stereocenters. The number of pyridine rings is 1. The number of hydrogen-bond donors (Lipinski definition) is 2. The van der Waals surface area contributed by atoms with E-state index in [9.17, 15) is 9.59 Å². The van der Waals surface area contributed by atoms with Gasteiger partial charge in [0, 0.05) is 18.9 Å². The molecule has 0 radical (unpaired) electrons. The molecule has 0 aliphatic carbocycles. The molecule has 2 N–H and O–H groups in total. The number of nitrogens with one attached hydrogen (secondary N) is 2. The molecule has 1 spiro atoms. The zero-order chi connectivity index (χ0) is 14.2. The first-order chi connectivity index (χ1) is 9.62. The van der Waals surface area contributed by atoms with Crippen LogP contribution in [-0.2, 0) is 11.3 Å². The fraction of sp³-hybridized carbons (Fsp3) is 0.462. The summed E-state index contributed by atoms with van der Waals surface area (Å²) in [5, 5.41) is 6.45. The number of imide groups is 1. The second-order valence-corrected chi connectivity index (χ2v) is 5.56. The molecule has 2 aliphatic rings. The van der Waals surface area contributed by atoms with E-state index in [0.29, 0.717) is 23.6 Å². The number of carbonyl (C=O) groups is 2. The van der Waals surface area contributed by atoms with Crippen LogP contribution in [0, 0.1) is 0 Å². The SMILES string of the molecule is O=C1NC2(CCCNC2)C(=O)N1Cc1ccncc1Cl. The smallest absolute Gasteiger partial charge is 0.322 e. The van der Waals surface area contributed by atoms with Gasteiger partial charge in [0.15, 0.2) is 0 Å². The molecule has 106 valence electrons. The van der Waals surface area contributed by atoms with Gasteiger partial charge in [-0.3, -0.25) is 14.7 Å². The van der Waals surface area contributed by atoms with Gasteiger partial charge < -0.3 is 10.6 Å². The molecule has 3 rings (SSSR count). The molecule has 2 aliphatic heterocycles. The van der Waals surface area contributed by atoms with Crippen LogP contribution in [0.1, 0.15) is 18.4 Å². The molecule has 3 amide bonds. The molecule has 1 aromatic rings. The van der Waals surface area contributed by atoms with Crippen molar-refractivity contribution < 1.29 is 9.59 Å². The van der Waals surface area contributed by atoms with Gasteiger partial charge in [0.2, 0.25) is 0 Å². The maximum atomic E-state index is 12.6.